The molecule has 1 atom stereocenters. The van der Waals surface area contributed by atoms with Crippen LogP contribution in [0.5, 0.6) is 0 Å². The summed E-state index contributed by atoms with van der Waals surface area (Å²) in [6.07, 6.45) is 49.6. The van der Waals surface area contributed by atoms with Gasteiger partial charge in [-0.15, -0.1) is 0 Å². The lowest BCUT2D eigenvalue weighted by Crippen LogP contribution is -2.28. The summed E-state index contributed by atoms with van der Waals surface area (Å²) in [5.74, 6) is -0.593. The minimum Gasteiger partial charge on any atom is -0.462 e. The number of allylic oxidation sites excluding steroid dienone is 4. The molecule has 0 heterocycles. The smallest absolute Gasteiger partial charge is 0.306 e. The number of hydrogen-bond donors (Lipinski definition) is 1. The molecule has 0 rings (SSSR count). The molecule has 0 amide bonds. The third-order valence-corrected chi connectivity index (χ3v) is 9.72. The third-order valence-electron chi connectivity index (χ3n) is 9.72. The van der Waals surface area contributed by atoms with Gasteiger partial charge in [0.1, 0.15) is 6.61 Å². The van der Waals surface area contributed by atoms with Crippen molar-refractivity contribution in [2.45, 2.75) is 238 Å². The minimum atomic E-state index is -0.771. The van der Waals surface area contributed by atoms with Crippen molar-refractivity contribution in [1.29, 1.82) is 0 Å². The van der Waals surface area contributed by atoms with Gasteiger partial charge in [0, 0.05) is 12.8 Å². The summed E-state index contributed by atoms with van der Waals surface area (Å²) in [6, 6.07) is 0. The van der Waals surface area contributed by atoms with Crippen molar-refractivity contribution in [2.75, 3.05) is 13.2 Å². The van der Waals surface area contributed by atoms with E-state index in [1.165, 1.54) is 161 Å². The second-order valence-electron chi connectivity index (χ2n) is 14.8. The van der Waals surface area contributed by atoms with Crippen LogP contribution < -0.4 is 0 Å². The number of rotatable bonds is 40. The Kier molecular flexibility index (Phi) is 40.4. The Bertz CT molecular complexity index is 761. The number of ether oxygens (including phenoxy) is 2. The normalized spacial score (nSPS) is 12.3. The molecule has 5 heteroatoms. The van der Waals surface area contributed by atoms with Crippen molar-refractivity contribution < 1.29 is 24.2 Å². The van der Waals surface area contributed by atoms with Crippen LogP contribution in [-0.2, 0) is 19.1 Å². The number of carbonyl (C=O) groups excluding carboxylic acids is 2. The van der Waals surface area contributed by atoms with Crippen LogP contribution in [-0.4, -0.2) is 36.4 Å². The Balaban J connectivity index is 3.51. The molecular formula is C45H84O5. The third kappa shape index (κ3) is 39.2. The lowest BCUT2D eigenvalue weighted by Gasteiger charge is -2.15. The average molecular weight is 705 g/mol. The number of aliphatic hydroxyl groups is 1. The molecule has 0 saturated heterocycles. The van der Waals surface area contributed by atoms with Crippen LogP contribution in [0.25, 0.3) is 0 Å². The van der Waals surface area contributed by atoms with E-state index in [0.717, 1.165) is 44.9 Å². The fourth-order valence-corrected chi connectivity index (χ4v) is 6.37. The highest BCUT2D eigenvalue weighted by molar-refractivity contribution is 5.70. The van der Waals surface area contributed by atoms with Crippen molar-refractivity contribution in [1.82, 2.24) is 0 Å². The summed E-state index contributed by atoms with van der Waals surface area (Å²) in [7, 11) is 0. The van der Waals surface area contributed by atoms with E-state index in [2.05, 4.69) is 38.2 Å². The van der Waals surface area contributed by atoms with E-state index in [1.807, 2.05) is 0 Å². The molecule has 0 aliphatic rings. The highest BCUT2D eigenvalue weighted by Crippen LogP contribution is 2.14. The maximum atomic E-state index is 12.2. The maximum absolute atomic E-state index is 12.2. The summed E-state index contributed by atoms with van der Waals surface area (Å²) in [6.45, 7) is 4.14. The van der Waals surface area contributed by atoms with Gasteiger partial charge in [0.15, 0.2) is 6.10 Å². The highest BCUT2D eigenvalue weighted by Gasteiger charge is 2.16. The minimum absolute atomic E-state index is 0.0670. The molecule has 0 aliphatic heterocycles. The van der Waals surface area contributed by atoms with Gasteiger partial charge < -0.3 is 14.6 Å². The second-order valence-corrected chi connectivity index (χ2v) is 14.8. The van der Waals surface area contributed by atoms with Gasteiger partial charge in [-0.2, -0.15) is 0 Å². The van der Waals surface area contributed by atoms with Gasteiger partial charge in [-0.1, -0.05) is 179 Å². The van der Waals surface area contributed by atoms with E-state index >= 15 is 0 Å². The molecule has 0 radical (unpaired) electrons. The van der Waals surface area contributed by atoms with Crippen molar-refractivity contribution in [3.63, 3.8) is 0 Å². The van der Waals surface area contributed by atoms with Crippen LogP contribution in [0, 0.1) is 0 Å². The molecule has 5 nitrogen and oxygen atoms in total. The maximum Gasteiger partial charge on any atom is 0.306 e. The fourth-order valence-electron chi connectivity index (χ4n) is 6.37. The van der Waals surface area contributed by atoms with Crippen LogP contribution in [0.1, 0.15) is 232 Å². The Morgan fingerprint density at radius 3 is 1.08 bits per heavy atom. The number of esters is 2. The topological polar surface area (TPSA) is 72.8 Å². The van der Waals surface area contributed by atoms with E-state index < -0.39 is 6.10 Å². The first-order chi connectivity index (χ1) is 24.6. The van der Waals surface area contributed by atoms with E-state index in [9.17, 15) is 14.7 Å². The van der Waals surface area contributed by atoms with Gasteiger partial charge in [-0.3, -0.25) is 9.59 Å². The van der Waals surface area contributed by atoms with Crippen LogP contribution >= 0.6 is 0 Å². The van der Waals surface area contributed by atoms with Gasteiger partial charge in [0.2, 0.25) is 0 Å². The molecule has 294 valence electrons. The van der Waals surface area contributed by atoms with E-state index in [4.69, 9.17) is 9.47 Å². The summed E-state index contributed by atoms with van der Waals surface area (Å²) >= 11 is 0. The van der Waals surface area contributed by atoms with Crippen molar-refractivity contribution in [2.24, 2.45) is 0 Å². The Labute approximate surface area is 311 Å². The predicted octanol–water partition coefficient (Wildman–Crippen LogP) is 13.8. The quantitative estimate of drug-likeness (QED) is 0.0390. The van der Waals surface area contributed by atoms with Gasteiger partial charge in [0.25, 0.3) is 0 Å². The van der Waals surface area contributed by atoms with Crippen LogP contribution in [0.4, 0.5) is 0 Å². The van der Waals surface area contributed by atoms with Crippen LogP contribution in [0.15, 0.2) is 24.3 Å². The molecule has 1 N–H and O–H groups in total. The molecule has 1 unspecified atom stereocenters. The first-order valence-corrected chi connectivity index (χ1v) is 21.9. The lowest BCUT2D eigenvalue weighted by molar-refractivity contribution is -0.161. The van der Waals surface area contributed by atoms with Crippen molar-refractivity contribution >= 4 is 11.9 Å². The zero-order valence-electron chi connectivity index (χ0n) is 33.4. The number of unbranched alkanes of at least 4 members (excludes halogenated alkanes) is 28. The summed E-state index contributed by atoms with van der Waals surface area (Å²) < 4.78 is 10.6. The predicted molar refractivity (Wildman–Crippen MR) is 215 cm³/mol. The SMILES string of the molecule is CCCCCCCCC=CCCCCCCCCCCCCCC(=O)OC(CO)COC(=O)CCCCCCCC=CCCCCCCCC. The average Bonchev–Trinajstić information content (AvgIpc) is 3.12. The number of aliphatic hydroxyl groups excluding tert-OH is 1. The van der Waals surface area contributed by atoms with Gasteiger partial charge in [-0.25, -0.2) is 0 Å². The lowest BCUT2D eigenvalue weighted by atomic mass is 10.0. The standard InChI is InChI=1S/C45H84O5/c1-3-5-7-9-11-13-15-17-19-20-21-22-23-24-26-28-30-32-34-36-38-40-45(48)50-43(41-46)42-49-44(47)39-37-35-33-31-29-27-25-18-16-14-12-10-8-6-4-2/h17-19,25,43,46H,3-16,20-24,26-42H2,1-2H3. The fraction of sp³-hybridized carbons (Fsp3) is 0.867. The second kappa shape index (κ2) is 41.8. The monoisotopic (exact) mass is 705 g/mol. The molecule has 0 aromatic heterocycles. The molecule has 0 aromatic rings. The number of carbonyl (C=O) groups is 2. The van der Waals surface area contributed by atoms with Gasteiger partial charge in [0.05, 0.1) is 6.61 Å². The highest BCUT2D eigenvalue weighted by atomic mass is 16.6. The number of hydrogen-bond acceptors (Lipinski definition) is 5. The molecule has 0 fully saturated rings. The first-order valence-electron chi connectivity index (χ1n) is 21.9. The van der Waals surface area contributed by atoms with Crippen LogP contribution in [0.2, 0.25) is 0 Å². The molecule has 0 aromatic carbocycles. The molecular weight excluding hydrogens is 620 g/mol. The summed E-state index contributed by atoms with van der Waals surface area (Å²) in [5.41, 5.74) is 0. The summed E-state index contributed by atoms with van der Waals surface area (Å²) in [5, 5.41) is 9.58. The zero-order valence-corrected chi connectivity index (χ0v) is 33.4. The molecule has 0 saturated carbocycles. The van der Waals surface area contributed by atoms with E-state index in [1.54, 1.807) is 0 Å². The Morgan fingerprint density at radius 1 is 0.440 bits per heavy atom. The van der Waals surface area contributed by atoms with E-state index in [0.29, 0.717) is 12.8 Å². The Morgan fingerprint density at radius 2 is 0.740 bits per heavy atom. The Hall–Kier alpha value is -1.62. The zero-order chi connectivity index (χ0) is 36.4. The van der Waals surface area contributed by atoms with Crippen LogP contribution in [0.3, 0.4) is 0 Å². The largest absolute Gasteiger partial charge is 0.462 e. The first kappa shape index (κ1) is 48.4. The van der Waals surface area contributed by atoms with E-state index in [-0.39, 0.29) is 25.2 Å². The molecule has 0 bridgehead atoms. The van der Waals surface area contributed by atoms with Crippen molar-refractivity contribution in [3.8, 4) is 0 Å². The molecule has 50 heavy (non-hydrogen) atoms. The van der Waals surface area contributed by atoms with Gasteiger partial charge >= 0.3 is 11.9 Å². The molecule has 0 spiro atoms. The summed E-state index contributed by atoms with van der Waals surface area (Å²) in [4.78, 5) is 24.3. The van der Waals surface area contributed by atoms with Gasteiger partial charge in [-0.05, 0) is 64.2 Å². The van der Waals surface area contributed by atoms with Crippen molar-refractivity contribution in [3.05, 3.63) is 24.3 Å². The molecule has 0 aliphatic carbocycles.